The molecule has 0 aliphatic carbocycles. The van der Waals surface area contributed by atoms with Crippen LogP contribution in [0.1, 0.15) is 5.69 Å². The van der Waals surface area contributed by atoms with Gasteiger partial charge in [0.15, 0.2) is 0 Å². The molecule has 2 aromatic heterocycles. The van der Waals surface area contributed by atoms with Crippen LogP contribution in [0.4, 0.5) is 5.69 Å². The number of hydrogen-bond donors (Lipinski definition) is 2. The molecule has 1 aromatic carbocycles. The van der Waals surface area contributed by atoms with Crippen LogP contribution in [0.3, 0.4) is 0 Å². The van der Waals surface area contributed by atoms with Crippen molar-refractivity contribution in [1.82, 2.24) is 13.7 Å². The Kier molecular flexibility index (Phi) is 2.70. The number of aromatic amines is 1. The van der Waals surface area contributed by atoms with E-state index in [1.165, 1.54) is 11.7 Å². The molecule has 2 N–H and O–H groups in total. The highest BCUT2D eigenvalue weighted by atomic mass is 35.5. The zero-order valence-corrected chi connectivity index (χ0v) is 10.3. The zero-order chi connectivity index (χ0) is 11.7. The molecule has 3 aromatic rings. The molecule has 86 valence electrons. The number of hydrogen-bond acceptors (Lipinski definition) is 4. The first kappa shape index (κ1) is 10.6. The summed E-state index contributed by atoms with van der Waals surface area (Å²) in [4.78, 5) is 3.13. The van der Waals surface area contributed by atoms with E-state index in [1.54, 1.807) is 0 Å². The third kappa shape index (κ3) is 1.99. The lowest BCUT2D eigenvalue weighted by Crippen LogP contribution is -2.00. The van der Waals surface area contributed by atoms with Gasteiger partial charge in [0.05, 0.1) is 29.0 Å². The lowest BCUT2D eigenvalue weighted by molar-refractivity contribution is 1.08. The predicted molar refractivity (Wildman–Crippen MR) is 70.5 cm³/mol. The second-order valence-electron chi connectivity index (χ2n) is 3.60. The first-order valence-corrected chi connectivity index (χ1v) is 6.22. The van der Waals surface area contributed by atoms with E-state index in [2.05, 4.69) is 19.0 Å². The van der Waals surface area contributed by atoms with Gasteiger partial charge in [-0.05, 0) is 24.3 Å². The maximum Gasteiger partial charge on any atom is 0.129 e. The van der Waals surface area contributed by atoms with E-state index in [1.807, 2.05) is 30.5 Å². The Bertz CT molecular complexity index is 632. The molecule has 6 heteroatoms. The Balaban J connectivity index is 1.93. The summed E-state index contributed by atoms with van der Waals surface area (Å²) in [6, 6.07) is 7.69. The second kappa shape index (κ2) is 4.35. The Morgan fingerprint density at radius 1 is 1.29 bits per heavy atom. The third-order valence-corrected chi connectivity index (χ3v) is 3.35. The predicted octanol–water partition coefficient (Wildman–Crippen LogP) is 3.28. The zero-order valence-electron chi connectivity index (χ0n) is 8.77. The first-order valence-electron chi connectivity index (χ1n) is 5.11. The largest absolute Gasteiger partial charge is 0.376 e. The van der Waals surface area contributed by atoms with Crippen LogP contribution in [-0.4, -0.2) is 13.7 Å². The van der Waals surface area contributed by atoms with Crippen LogP contribution in [-0.2, 0) is 6.54 Å². The maximum atomic E-state index is 6.16. The van der Waals surface area contributed by atoms with Gasteiger partial charge in [0, 0.05) is 11.9 Å². The highest BCUT2D eigenvalue weighted by molar-refractivity contribution is 7.00. The minimum atomic E-state index is 0.664. The van der Waals surface area contributed by atoms with Gasteiger partial charge in [0.25, 0.3) is 0 Å². The van der Waals surface area contributed by atoms with Crippen molar-refractivity contribution in [3.8, 4) is 0 Å². The molecule has 0 unspecified atom stereocenters. The van der Waals surface area contributed by atoms with Crippen molar-refractivity contribution >= 4 is 40.0 Å². The van der Waals surface area contributed by atoms with E-state index >= 15 is 0 Å². The van der Waals surface area contributed by atoms with Gasteiger partial charge in [-0.3, -0.25) is 0 Å². The van der Waals surface area contributed by atoms with Crippen molar-refractivity contribution in [1.29, 1.82) is 0 Å². The van der Waals surface area contributed by atoms with Crippen LogP contribution in [0.15, 0.2) is 30.5 Å². The van der Waals surface area contributed by atoms with Crippen molar-refractivity contribution in [2.45, 2.75) is 6.54 Å². The molecule has 0 atom stereocenters. The molecule has 0 spiro atoms. The highest BCUT2D eigenvalue weighted by Crippen LogP contribution is 2.30. The molecule has 0 amide bonds. The fourth-order valence-electron chi connectivity index (χ4n) is 1.66. The van der Waals surface area contributed by atoms with E-state index < -0.39 is 0 Å². The van der Waals surface area contributed by atoms with Crippen molar-refractivity contribution in [2.24, 2.45) is 0 Å². The van der Waals surface area contributed by atoms with Gasteiger partial charge in [0.2, 0.25) is 0 Å². The summed E-state index contributed by atoms with van der Waals surface area (Å²) in [5.74, 6) is 0. The van der Waals surface area contributed by atoms with Crippen LogP contribution in [0.25, 0.3) is 11.0 Å². The van der Waals surface area contributed by atoms with E-state index in [4.69, 9.17) is 11.6 Å². The number of H-pyrrole nitrogens is 1. The average Bonchev–Trinajstić information content (AvgIpc) is 2.97. The van der Waals surface area contributed by atoms with E-state index in [-0.39, 0.29) is 0 Å². The molecule has 0 saturated carbocycles. The van der Waals surface area contributed by atoms with Crippen molar-refractivity contribution in [3.63, 3.8) is 0 Å². The number of halogens is 1. The molecule has 0 aliphatic heterocycles. The average molecular weight is 265 g/mol. The Morgan fingerprint density at radius 3 is 3.06 bits per heavy atom. The maximum absolute atomic E-state index is 6.16. The normalized spacial score (nSPS) is 10.9. The fourth-order valence-corrected chi connectivity index (χ4v) is 2.42. The number of fused-ring (bicyclic) bond motifs is 1. The van der Waals surface area contributed by atoms with Gasteiger partial charge in [-0.15, -0.1) is 0 Å². The summed E-state index contributed by atoms with van der Waals surface area (Å²) in [6.45, 7) is 0.684. The molecule has 0 fully saturated rings. The van der Waals surface area contributed by atoms with Crippen molar-refractivity contribution < 1.29 is 0 Å². The molecule has 2 heterocycles. The topological polar surface area (TPSA) is 53.6 Å². The summed E-state index contributed by atoms with van der Waals surface area (Å²) in [7, 11) is 0. The van der Waals surface area contributed by atoms with Crippen molar-refractivity contribution in [3.05, 3.63) is 41.2 Å². The lowest BCUT2D eigenvalue weighted by Gasteiger charge is -2.07. The summed E-state index contributed by atoms with van der Waals surface area (Å²) >= 11 is 7.36. The first-order chi connectivity index (χ1) is 8.34. The number of rotatable bonds is 3. The van der Waals surface area contributed by atoms with Crippen LogP contribution in [0, 0.1) is 0 Å². The van der Waals surface area contributed by atoms with E-state index in [0.717, 1.165) is 22.4 Å². The number of nitrogens with zero attached hydrogens (tertiary/aromatic N) is 2. The van der Waals surface area contributed by atoms with E-state index in [0.29, 0.717) is 11.6 Å². The van der Waals surface area contributed by atoms with Crippen LogP contribution < -0.4 is 5.32 Å². The lowest BCUT2D eigenvalue weighted by atomic mass is 10.2. The molecule has 0 aliphatic rings. The molecule has 0 radical (unpaired) electrons. The minimum absolute atomic E-state index is 0.664. The SMILES string of the molecule is Clc1ccc2nsnc2c1NCc1ccc[nH]1. The Morgan fingerprint density at radius 2 is 2.24 bits per heavy atom. The standard InChI is InChI=1S/C11H9ClN4S/c12-8-3-4-9-11(16-17-15-9)10(8)14-6-7-2-1-5-13-7/h1-5,13-14H,6H2. The number of aromatic nitrogens is 3. The summed E-state index contributed by atoms with van der Waals surface area (Å²) in [5, 5.41) is 3.95. The summed E-state index contributed by atoms with van der Waals surface area (Å²) < 4.78 is 8.44. The smallest absolute Gasteiger partial charge is 0.129 e. The molecule has 4 nitrogen and oxygen atoms in total. The van der Waals surface area contributed by atoms with Gasteiger partial charge < -0.3 is 10.3 Å². The fraction of sp³-hybridized carbons (Fsp3) is 0.0909. The van der Waals surface area contributed by atoms with Gasteiger partial charge in [0.1, 0.15) is 11.0 Å². The van der Waals surface area contributed by atoms with Crippen molar-refractivity contribution in [2.75, 3.05) is 5.32 Å². The van der Waals surface area contributed by atoms with Gasteiger partial charge >= 0.3 is 0 Å². The number of nitrogens with one attached hydrogen (secondary N) is 2. The van der Waals surface area contributed by atoms with Crippen LogP contribution >= 0.6 is 23.3 Å². The quantitative estimate of drug-likeness (QED) is 0.763. The second-order valence-corrected chi connectivity index (χ2v) is 4.54. The summed E-state index contributed by atoms with van der Waals surface area (Å²) in [6.07, 6.45) is 1.89. The van der Waals surface area contributed by atoms with Gasteiger partial charge in [-0.1, -0.05) is 11.6 Å². The molecular weight excluding hydrogens is 256 g/mol. The molecule has 0 bridgehead atoms. The van der Waals surface area contributed by atoms with E-state index in [9.17, 15) is 0 Å². The minimum Gasteiger partial charge on any atom is -0.376 e. The third-order valence-electron chi connectivity index (χ3n) is 2.50. The molecule has 3 rings (SSSR count). The van der Waals surface area contributed by atoms with Crippen LogP contribution in [0.2, 0.25) is 5.02 Å². The summed E-state index contributed by atoms with van der Waals surface area (Å²) in [5.41, 5.74) is 3.64. The highest BCUT2D eigenvalue weighted by Gasteiger charge is 2.09. The Hall–Kier alpha value is -1.59. The number of benzene rings is 1. The monoisotopic (exact) mass is 264 g/mol. The molecular formula is C11H9ClN4S. The molecule has 0 saturated heterocycles. The van der Waals surface area contributed by atoms with Crippen LogP contribution in [0.5, 0.6) is 0 Å². The molecule has 17 heavy (non-hydrogen) atoms. The van der Waals surface area contributed by atoms with Gasteiger partial charge in [-0.2, -0.15) is 8.75 Å². The van der Waals surface area contributed by atoms with Gasteiger partial charge in [-0.25, -0.2) is 0 Å². The Labute approximate surface area is 107 Å². The number of anilines is 1.